The molecular formula is C18H22N4O3S. The maximum absolute atomic E-state index is 12.8. The predicted octanol–water partition coefficient (Wildman–Crippen LogP) is 2.71. The van der Waals surface area contributed by atoms with Gasteiger partial charge in [-0.1, -0.05) is 0 Å². The summed E-state index contributed by atoms with van der Waals surface area (Å²) in [7, 11) is -3.85. The lowest BCUT2D eigenvalue weighted by Crippen LogP contribution is -2.34. The van der Waals surface area contributed by atoms with Crippen LogP contribution in [-0.4, -0.2) is 30.9 Å². The number of benzene rings is 1. The number of hydrogen-bond donors (Lipinski definition) is 2. The van der Waals surface area contributed by atoms with Crippen LogP contribution in [-0.2, 0) is 10.0 Å². The third-order valence-electron chi connectivity index (χ3n) is 4.82. The van der Waals surface area contributed by atoms with Crippen LogP contribution >= 0.6 is 0 Å². The van der Waals surface area contributed by atoms with Crippen LogP contribution in [0.2, 0.25) is 0 Å². The van der Waals surface area contributed by atoms with Gasteiger partial charge < -0.3 is 10.2 Å². The fraction of sp³-hybridized carbons (Fsp3) is 0.333. The molecule has 1 fully saturated rings. The minimum absolute atomic E-state index is 0.0111. The number of nitrogens with one attached hydrogen (secondary N) is 1. The molecule has 1 aromatic carbocycles. The normalized spacial score (nSPS) is 17.3. The van der Waals surface area contributed by atoms with Crippen LogP contribution in [0.25, 0.3) is 0 Å². The fourth-order valence-corrected chi connectivity index (χ4v) is 3.87. The number of carbonyl (C=O) groups excluding carboxylic acids is 1. The summed E-state index contributed by atoms with van der Waals surface area (Å²) in [6, 6.07) is 6.48. The van der Waals surface area contributed by atoms with Gasteiger partial charge in [0, 0.05) is 24.6 Å². The van der Waals surface area contributed by atoms with Gasteiger partial charge in [-0.05, 0) is 67.6 Å². The lowest BCUT2D eigenvalue weighted by Gasteiger charge is -2.26. The van der Waals surface area contributed by atoms with Crippen molar-refractivity contribution in [3.8, 4) is 0 Å². The molecule has 3 rings (SSSR count). The third-order valence-corrected chi connectivity index (χ3v) is 5.71. The average molecular weight is 374 g/mol. The quantitative estimate of drug-likeness (QED) is 0.861. The molecule has 0 saturated carbocycles. The van der Waals surface area contributed by atoms with E-state index in [0.29, 0.717) is 12.2 Å². The van der Waals surface area contributed by atoms with E-state index in [-0.39, 0.29) is 17.0 Å². The molecule has 1 atom stereocenters. The molecule has 0 spiro atoms. The van der Waals surface area contributed by atoms with Crippen molar-refractivity contribution in [1.82, 2.24) is 9.88 Å². The number of nitrogens with zero attached hydrogens (tertiary/aromatic N) is 2. The Labute approximate surface area is 153 Å². The zero-order valence-electron chi connectivity index (χ0n) is 14.8. The number of carbonyl (C=O) groups is 1. The highest BCUT2D eigenvalue weighted by molar-refractivity contribution is 7.89. The summed E-state index contributed by atoms with van der Waals surface area (Å²) in [6.07, 6.45) is 5.22. The predicted molar refractivity (Wildman–Crippen MR) is 99.2 cm³/mol. The molecule has 2 amide bonds. The Kier molecular flexibility index (Phi) is 4.97. The van der Waals surface area contributed by atoms with Crippen molar-refractivity contribution in [3.05, 3.63) is 53.3 Å². The van der Waals surface area contributed by atoms with Crippen LogP contribution < -0.4 is 10.5 Å². The highest BCUT2D eigenvalue weighted by Gasteiger charge is 2.30. The number of aromatic nitrogens is 1. The number of nitrogens with two attached hydrogens (primary N) is 1. The van der Waals surface area contributed by atoms with Crippen molar-refractivity contribution in [1.29, 1.82) is 0 Å². The standard InChI is InChI=1S/C18H22N4O3S/c1-12-10-15(26(19,24)25)11-16(13(12)2)21-18(23)22-9-3-4-17(22)14-5-7-20-8-6-14/h5-8,10-11,17H,3-4,9H2,1-2H3,(H,21,23)(H2,19,24,25). The summed E-state index contributed by atoms with van der Waals surface area (Å²) >= 11 is 0. The van der Waals surface area contributed by atoms with Gasteiger partial charge in [0.2, 0.25) is 10.0 Å². The van der Waals surface area contributed by atoms with Crippen molar-refractivity contribution in [2.45, 2.75) is 37.6 Å². The third kappa shape index (κ3) is 3.71. The molecule has 2 heterocycles. The molecular weight excluding hydrogens is 352 g/mol. The maximum atomic E-state index is 12.8. The summed E-state index contributed by atoms with van der Waals surface area (Å²) < 4.78 is 23.4. The Morgan fingerprint density at radius 3 is 2.62 bits per heavy atom. The topological polar surface area (TPSA) is 105 Å². The van der Waals surface area contributed by atoms with E-state index in [9.17, 15) is 13.2 Å². The zero-order chi connectivity index (χ0) is 18.9. The molecule has 0 bridgehead atoms. The summed E-state index contributed by atoms with van der Waals surface area (Å²) in [5.74, 6) is 0. The lowest BCUT2D eigenvalue weighted by atomic mass is 10.1. The minimum Gasteiger partial charge on any atom is -0.317 e. The van der Waals surface area contributed by atoms with E-state index in [4.69, 9.17) is 5.14 Å². The van der Waals surface area contributed by atoms with E-state index in [0.717, 1.165) is 29.5 Å². The number of sulfonamides is 1. The summed E-state index contributed by atoms with van der Waals surface area (Å²) in [5, 5.41) is 8.10. The molecule has 138 valence electrons. The molecule has 1 aromatic heterocycles. The Bertz CT molecular complexity index is 929. The Hall–Kier alpha value is -2.45. The number of rotatable bonds is 3. The second kappa shape index (κ2) is 7.05. The number of hydrogen-bond acceptors (Lipinski definition) is 4. The Balaban J connectivity index is 1.87. The van der Waals surface area contributed by atoms with Crippen molar-refractivity contribution >= 4 is 21.7 Å². The van der Waals surface area contributed by atoms with E-state index in [1.807, 2.05) is 19.1 Å². The van der Waals surface area contributed by atoms with Crippen molar-refractivity contribution < 1.29 is 13.2 Å². The van der Waals surface area contributed by atoms with Crippen LogP contribution in [0.5, 0.6) is 0 Å². The molecule has 7 nitrogen and oxygen atoms in total. The number of aryl methyl sites for hydroxylation is 1. The molecule has 26 heavy (non-hydrogen) atoms. The average Bonchev–Trinajstić information content (AvgIpc) is 3.08. The monoisotopic (exact) mass is 374 g/mol. The number of likely N-dealkylation sites (tertiary alicyclic amines) is 1. The van der Waals surface area contributed by atoms with Crippen molar-refractivity contribution in [2.24, 2.45) is 5.14 Å². The summed E-state index contributed by atoms with van der Waals surface area (Å²) in [5.41, 5.74) is 3.06. The van der Waals surface area contributed by atoms with Gasteiger partial charge in [0.15, 0.2) is 0 Å². The van der Waals surface area contributed by atoms with Gasteiger partial charge in [-0.2, -0.15) is 0 Å². The van der Waals surface area contributed by atoms with Crippen LogP contribution in [0.1, 0.15) is 35.6 Å². The number of amides is 2. The van der Waals surface area contributed by atoms with E-state index in [1.165, 1.54) is 12.1 Å². The van der Waals surface area contributed by atoms with Gasteiger partial charge in [-0.25, -0.2) is 18.4 Å². The van der Waals surface area contributed by atoms with Gasteiger partial charge in [-0.15, -0.1) is 0 Å². The second-order valence-electron chi connectivity index (χ2n) is 6.52. The van der Waals surface area contributed by atoms with E-state index in [2.05, 4.69) is 10.3 Å². The van der Waals surface area contributed by atoms with Crippen LogP contribution in [0.15, 0.2) is 41.6 Å². The molecule has 1 saturated heterocycles. The Morgan fingerprint density at radius 2 is 1.96 bits per heavy atom. The smallest absolute Gasteiger partial charge is 0.317 e. The van der Waals surface area contributed by atoms with Gasteiger partial charge >= 0.3 is 6.03 Å². The second-order valence-corrected chi connectivity index (χ2v) is 8.08. The van der Waals surface area contributed by atoms with Gasteiger partial charge in [-0.3, -0.25) is 4.98 Å². The lowest BCUT2D eigenvalue weighted by molar-refractivity contribution is 0.207. The van der Waals surface area contributed by atoms with Crippen molar-refractivity contribution in [3.63, 3.8) is 0 Å². The SMILES string of the molecule is Cc1cc(S(N)(=O)=O)cc(NC(=O)N2CCCC2c2ccncc2)c1C. The molecule has 8 heteroatoms. The first-order valence-corrected chi connectivity index (χ1v) is 9.93. The van der Waals surface area contributed by atoms with E-state index < -0.39 is 10.0 Å². The molecule has 1 unspecified atom stereocenters. The van der Waals surface area contributed by atoms with Gasteiger partial charge in [0.1, 0.15) is 0 Å². The van der Waals surface area contributed by atoms with E-state index >= 15 is 0 Å². The number of pyridine rings is 1. The minimum atomic E-state index is -3.85. The summed E-state index contributed by atoms with van der Waals surface area (Å²) in [6.45, 7) is 4.27. The maximum Gasteiger partial charge on any atom is 0.322 e. The van der Waals surface area contributed by atoms with Gasteiger partial charge in [0.25, 0.3) is 0 Å². The molecule has 0 aliphatic carbocycles. The number of primary sulfonamides is 1. The largest absolute Gasteiger partial charge is 0.322 e. The highest BCUT2D eigenvalue weighted by atomic mass is 32.2. The molecule has 0 radical (unpaired) electrons. The Morgan fingerprint density at radius 1 is 1.27 bits per heavy atom. The molecule has 2 aromatic rings. The van der Waals surface area contributed by atoms with Crippen LogP contribution in [0, 0.1) is 13.8 Å². The first-order valence-electron chi connectivity index (χ1n) is 8.39. The van der Waals surface area contributed by atoms with Crippen LogP contribution in [0.4, 0.5) is 10.5 Å². The molecule has 1 aliphatic rings. The van der Waals surface area contributed by atoms with Gasteiger partial charge in [0.05, 0.1) is 10.9 Å². The van der Waals surface area contributed by atoms with Crippen LogP contribution in [0.3, 0.4) is 0 Å². The number of urea groups is 1. The van der Waals surface area contributed by atoms with Crippen molar-refractivity contribution in [2.75, 3.05) is 11.9 Å². The molecule has 1 aliphatic heterocycles. The first-order chi connectivity index (χ1) is 12.3. The fourth-order valence-electron chi connectivity index (χ4n) is 3.25. The number of anilines is 1. The molecule has 3 N–H and O–H groups in total. The highest BCUT2D eigenvalue weighted by Crippen LogP contribution is 2.32. The summed E-state index contributed by atoms with van der Waals surface area (Å²) in [4.78, 5) is 18.6. The zero-order valence-corrected chi connectivity index (χ0v) is 15.6. The van der Waals surface area contributed by atoms with E-state index in [1.54, 1.807) is 24.2 Å². The first kappa shape index (κ1) is 18.3.